The second-order valence-corrected chi connectivity index (χ2v) is 7.01. The topological polar surface area (TPSA) is 76.9 Å². The van der Waals surface area contributed by atoms with Crippen molar-refractivity contribution >= 4 is 41.9 Å². The van der Waals surface area contributed by atoms with Crippen molar-refractivity contribution in [1.29, 1.82) is 0 Å². The highest BCUT2D eigenvalue weighted by atomic mass is 79.9. The average molecular weight is 410 g/mol. The number of benzene rings is 1. The summed E-state index contributed by atoms with van der Waals surface area (Å²) >= 11 is 6.44. The third-order valence-electron chi connectivity index (χ3n) is 2.40. The van der Waals surface area contributed by atoms with Crippen molar-refractivity contribution in [2.24, 2.45) is 7.05 Å². The van der Waals surface area contributed by atoms with E-state index < -0.39 is 10.0 Å². The van der Waals surface area contributed by atoms with Gasteiger partial charge in [-0.25, -0.2) is 17.8 Å². The molecule has 0 aliphatic carbocycles. The highest BCUT2D eigenvalue weighted by Crippen LogP contribution is 2.19. The van der Waals surface area contributed by atoms with Gasteiger partial charge in [0.05, 0.1) is 0 Å². The molecule has 1 aromatic carbocycles. The van der Waals surface area contributed by atoms with E-state index in [4.69, 9.17) is 0 Å². The largest absolute Gasteiger partial charge is 0.260 e. The maximum absolute atomic E-state index is 12.2. The molecule has 0 aliphatic rings. The Hall–Kier alpha value is -0.770. The molecule has 1 heterocycles. The molecule has 19 heavy (non-hydrogen) atoms. The molecule has 0 atom stereocenters. The molecule has 102 valence electrons. The van der Waals surface area contributed by atoms with Crippen LogP contribution in [0.3, 0.4) is 0 Å². The van der Waals surface area contributed by atoms with Gasteiger partial charge in [-0.15, -0.1) is 5.10 Å². The fourth-order valence-corrected chi connectivity index (χ4v) is 4.01. The molecule has 0 aliphatic heterocycles. The first-order valence-corrected chi connectivity index (χ1v) is 8.27. The Kier molecular flexibility index (Phi) is 4.39. The van der Waals surface area contributed by atoms with Gasteiger partial charge in [0, 0.05) is 18.1 Å². The number of nitrogens with one attached hydrogen (secondary N) is 1. The van der Waals surface area contributed by atoms with E-state index in [2.05, 4.69) is 46.9 Å². The van der Waals surface area contributed by atoms with Crippen LogP contribution >= 0.6 is 31.9 Å². The number of rotatable bonds is 4. The van der Waals surface area contributed by atoms with E-state index in [0.717, 1.165) is 10.0 Å². The number of aryl methyl sites for hydroxylation is 1. The molecule has 0 spiro atoms. The van der Waals surface area contributed by atoms with Gasteiger partial charge < -0.3 is 0 Å². The van der Waals surface area contributed by atoms with Crippen molar-refractivity contribution in [3.8, 4) is 0 Å². The van der Waals surface area contributed by atoms with E-state index in [0.29, 0.717) is 0 Å². The van der Waals surface area contributed by atoms with Crippen LogP contribution in [0.4, 0.5) is 0 Å². The van der Waals surface area contributed by atoms with Crippen molar-refractivity contribution in [3.05, 3.63) is 38.9 Å². The minimum absolute atomic E-state index is 0.000413. The quantitative estimate of drug-likeness (QED) is 0.835. The lowest BCUT2D eigenvalue weighted by Crippen LogP contribution is -2.25. The van der Waals surface area contributed by atoms with Crippen LogP contribution in [0.15, 0.2) is 38.4 Å². The molecule has 0 amide bonds. The number of aromatic nitrogens is 3. The molecule has 9 heteroatoms. The lowest BCUT2D eigenvalue weighted by atomic mass is 10.2. The van der Waals surface area contributed by atoms with Crippen LogP contribution in [0.5, 0.6) is 0 Å². The number of nitrogens with zero attached hydrogens (tertiary/aromatic N) is 3. The van der Waals surface area contributed by atoms with Gasteiger partial charge in [-0.05, 0) is 27.6 Å². The van der Waals surface area contributed by atoms with E-state index in [-0.39, 0.29) is 16.2 Å². The van der Waals surface area contributed by atoms with E-state index >= 15 is 0 Å². The van der Waals surface area contributed by atoms with Crippen LogP contribution < -0.4 is 4.72 Å². The molecule has 0 fully saturated rings. The molecule has 0 radical (unpaired) electrons. The van der Waals surface area contributed by atoms with Gasteiger partial charge in [0.25, 0.3) is 10.0 Å². The minimum atomic E-state index is -3.67. The monoisotopic (exact) mass is 408 g/mol. The summed E-state index contributed by atoms with van der Waals surface area (Å²) in [6.07, 6.45) is 0. The van der Waals surface area contributed by atoms with Crippen LogP contribution in [0, 0.1) is 0 Å². The first-order valence-electron chi connectivity index (χ1n) is 5.20. The van der Waals surface area contributed by atoms with E-state index in [1.165, 1.54) is 11.7 Å². The van der Waals surface area contributed by atoms with E-state index in [1.807, 2.05) is 24.3 Å². The summed E-state index contributed by atoms with van der Waals surface area (Å²) in [7, 11) is -2.15. The third kappa shape index (κ3) is 3.22. The highest BCUT2D eigenvalue weighted by molar-refractivity contribution is 9.10. The molecular formula is C10H10Br2N4O2S. The molecule has 6 nitrogen and oxygen atoms in total. The van der Waals surface area contributed by atoms with Crippen LogP contribution in [0.25, 0.3) is 0 Å². The highest BCUT2D eigenvalue weighted by Gasteiger charge is 2.23. The fraction of sp³-hybridized carbons (Fsp3) is 0.200. The molecule has 0 bridgehead atoms. The Balaban J connectivity index is 2.22. The Morgan fingerprint density at radius 3 is 2.58 bits per heavy atom. The summed E-state index contributed by atoms with van der Waals surface area (Å²) in [5.41, 5.74) is 0.845. The zero-order valence-electron chi connectivity index (χ0n) is 9.84. The molecule has 1 N–H and O–H groups in total. The van der Waals surface area contributed by atoms with Crippen molar-refractivity contribution in [2.75, 3.05) is 0 Å². The standard InChI is InChI=1S/C10H10Br2N4O2S/c1-16-10(9(12)14-15-16)19(17,18)13-6-7-4-2-3-5-8(7)11/h2-5,13H,6H2,1H3. The lowest BCUT2D eigenvalue weighted by molar-refractivity contribution is 0.560. The summed E-state index contributed by atoms with van der Waals surface area (Å²) in [6, 6.07) is 7.40. The molecule has 0 saturated carbocycles. The summed E-state index contributed by atoms with van der Waals surface area (Å²) in [4.78, 5) is 0. The van der Waals surface area contributed by atoms with Crippen LogP contribution in [-0.2, 0) is 23.6 Å². The molecule has 1 aromatic heterocycles. The van der Waals surface area contributed by atoms with Crippen LogP contribution in [-0.4, -0.2) is 23.4 Å². The zero-order valence-corrected chi connectivity index (χ0v) is 13.8. The normalized spacial score (nSPS) is 11.7. The van der Waals surface area contributed by atoms with Crippen LogP contribution in [0.2, 0.25) is 0 Å². The smallest absolute Gasteiger partial charge is 0.235 e. The van der Waals surface area contributed by atoms with Gasteiger partial charge in [0.1, 0.15) is 0 Å². The van der Waals surface area contributed by atoms with E-state index in [1.54, 1.807) is 0 Å². The molecule has 2 rings (SSSR count). The summed E-state index contributed by atoms with van der Waals surface area (Å²) in [6.45, 7) is 0.182. The molecule has 0 unspecified atom stereocenters. The first-order chi connectivity index (χ1) is 8.92. The molecule has 0 saturated heterocycles. The van der Waals surface area contributed by atoms with Crippen molar-refractivity contribution in [3.63, 3.8) is 0 Å². The number of sulfonamides is 1. The number of halogens is 2. The summed E-state index contributed by atoms with van der Waals surface area (Å²) < 4.78 is 29.1. The Labute approximate surface area is 127 Å². The number of hydrogen-bond donors (Lipinski definition) is 1. The molecular weight excluding hydrogens is 400 g/mol. The average Bonchev–Trinajstić information content (AvgIpc) is 2.69. The maximum Gasteiger partial charge on any atom is 0.260 e. The zero-order chi connectivity index (χ0) is 14.0. The second kappa shape index (κ2) is 5.70. The first kappa shape index (κ1) is 14.6. The summed E-state index contributed by atoms with van der Waals surface area (Å²) in [5.74, 6) is 0. The molecule has 2 aromatic rings. The van der Waals surface area contributed by atoms with Gasteiger partial charge in [0.15, 0.2) is 4.60 Å². The van der Waals surface area contributed by atoms with Crippen LogP contribution in [0.1, 0.15) is 5.56 Å². The van der Waals surface area contributed by atoms with Gasteiger partial charge in [-0.1, -0.05) is 39.3 Å². The Bertz CT molecular complexity index is 680. The Morgan fingerprint density at radius 2 is 2.00 bits per heavy atom. The van der Waals surface area contributed by atoms with Gasteiger partial charge in [-0.3, -0.25) is 0 Å². The number of hydrogen-bond acceptors (Lipinski definition) is 4. The SMILES string of the molecule is Cn1nnc(Br)c1S(=O)(=O)NCc1ccccc1Br. The fourth-order valence-electron chi connectivity index (χ4n) is 1.49. The second-order valence-electron chi connectivity index (χ2n) is 3.72. The third-order valence-corrected chi connectivity index (χ3v) is 5.46. The maximum atomic E-state index is 12.2. The van der Waals surface area contributed by atoms with Crippen molar-refractivity contribution in [2.45, 2.75) is 11.6 Å². The summed E-state index contributed by atoms with van der Waals surface area (Å²) in [5, 5.41) is 7.30. The lowest BCUT2D eigenvalue weighted by Gasteiger charge is -2.08. The van der Waals surface area contributed by atoms with Gasteiger partial charge >= 0.3 is 0 Å². The van der Waals surface area contributed by atoms with E-state index in [9.17, 15) is 8.42 Å². The minimum Gasteiger partial charge on any atom is -0.235 e. The Morgan fingerprint density at radius 1 is 1.32 bits per heavy atom. The van der Waals surface area contributed by atoms with Gasteiger partial charge in [0.2, 0.25) is 5.03 Å². The van der Waals surface area contributed by atoms with Crippen molar-refractivity contribution in [1.82, 2.24) is 19.7 Å². The van der Waals surface area contributed by atoms with Crippen molar-refractivity contribution < 1.29 is 8.42 Å². The van der Waals surface area contributed by atoms with Gasteiger partial charge in [-0.2, -0.15) is 0 Å². The predicted octanol–water partition coefficient (Wildman–Crippen LogP) is 1.82. The predicted molar refractivity (Wildman–Crippen MR) is 76.9 cm³/mol.